The number of anilines is 2. The number of nitrogens with zero attached hydrogens (tertiary/aromatic N) is 4. The molecule has 30 heavy (non-hydrogen) atoms. The first-order chi connectivity index (χ1) is 14.3. The molecule has 1 N–H and O–H groups in total. The van der Waals surface area contributed by atoms with Gasteiger partial charge in [-0.1, -0.05) is 29.0 Å². The molecule has 0 spiro atoms. The van der Waals surface area contributed by atoms with Crippen LogP contribution in [-0.2, 0) is 14.4 Å². The number of imide groups is 1. The smallest absolute Gasteiger partial charge is 0.263 e. The Morgan fingerprint density at radius 3 is 2.70 bits per heavy atom. The van der Waals surface area contributed by atoms with Crippen LogP contribution in [-0.4, -0.2) is 41.4 Å². The van der Waals surface area contributed by atoms with E-state index in [1.54, 1.807) is 6.07 Å². The maximum atomic E-state index is 13.4. The molecule has 1 saturated heterocycles. The average molecular weight is 430 g/mol. The third-order valence-corrected chi connectivity index (χ3v) is 5.49. The van der Waals surface area contributed by atoms with Crippen molar-refractivity contribution in [3.05, 3.63) is 58.4 Å². The van der Waals surface area contributed by atoms with E-state index in [-0.39, 0.29) is 17.3 Å². The quantitative estimate of drug-likeness (QED) is 0.756. The molecular weight excluding hydrogens is 413 g/mol. The summed E-state index contributed by atoms with van der Waals surface area (Å²) in [5.41, 5.74) is 2.75. The zero-order chi connectivity index (χ0) is 21.6. The Morgan fingerprint density at radius 1 is 1.20 bits per heavy atom. The van der Waals surface area contributed by atoms with Crippen LogP contribution >= 0.6 is 11.6 Å². The second-order valence-electron chi connectivity index (χ2n) is 7.10. The topological polar surface area (TPSA) is 94.4 Å². The van der Waals surface area contributed by atoms with E-state index in [1.165, 1.54) is 17.1 Å². The molecule has 3 amide bonds. The summed E-state index contributed by atoms with van der Waals surface area (Å²) in [6, 6.07) is 7.00. The summed E-state index contributed by atoms with van der Waals surface area (Å²) in [7, 11) is 0. The van der Waals surface area contributed by atoms with Gasteiger partial charge in [0.05, 0.1) is 10.7 Å². The number of benzene rings is 2. The van der Waals surface area contributed by atoms with Gasteiger partial charge < -0.3 is 5.32 Å². The molecule has 8 nitrogen and oxygen atoms in total. The first kappa shape index (κ1) is 20.0. The van der Waals surface area contributed by atoms with Crippen LogP contribution in [0.3, 0.4) is 0 Å². The van der Waals surface area contributed by atoms with Crippen molar-refractivity contribution in [2.75, 3.05) is 16.8 Å². The molecule has 0 unspecified atom stereocenters. The minimum Gasteiger partial charge on any atom is -0.324 e. The second kappa shape index (κ2) is 7.49. The molecule has 0 bridgehead atoms. The summed E-state index contributed by atoms with van der Waals surface area (Å²) in [5.74, 6) is -2.26. The van der Waals surface area contributed by atoms with Gasteiger partial charge in [-0.25, -0.2) is 9.29 Å². The molecule has 0 aromatic heterocycles. The van der Waals surface area contributed by atoms with Gasteiger partial charge in [-0.15, -0.1) is 0 Å². The van der Waals surface area contributed by atoms with E-state index in [2.05, 4.69) is 15.7 Å². The monoisotopic (exact) mass is 429 g/mol. The minimum absolute atomic E-state index is 0.140. The van der Waals surface area contributed by atoms with E-state index in [0.29, 0.717) is 5.69 Å². The molecule has 2 aromatic rings. The van der Waals surface area contributed by atoms with Crippen LogP contribution in [0.15, 0.2) is 46.7 Å². The fourth-order valence-electron chi connectivity index (χ4n) is 3.46. The van der Waals surface area contributed by atoms with Crippen LogP contribution in [0, 0.1) is 19.7 Å². The summed E-state index contributed by atoms with van der Waals surface area (Å²) in [4.78, 5) is 39.0. The van der Waals surface area contributed by atoms with E-state index in [0.717, 1.165) is 22.1 Å². The predicted octanol–water partition coefficient (Wildman–Crippen LogP) is 3.03. The van der Waals surface area contributed by atoms with Crippen molar-refractivity contribution in [2.45, 2.75) is 25.9 Å². The Bertz CT molecular complexity index is 1110. The highest BCUT2D eigenvalue weighted by Crippen LogP contribution is 2.33. The molecule has 2 aliphatic heterocycles. The number of halogens is 2. The molecule has 1 fully saturated rings. The van der Waals surface area contributed by atoms with Crippen molar-refractivity contribution in [2.24, 2.45) is 10.3 Å². The Kier molecular flexibility index (Phi) is 4.98. The molecule has 0 aliphatic carbocycles. The number of nitrogens with one attached hydrogen (secondary N) is 1. The fourth-order valence-corrected chi connectivity index (χ4v) is 3.63. The van der Waals surface area contributed by atoms with Gasteiger partial charge in [0.25, 0.3) is 11.8 Å². The van der Waals surface area contributed by atoms with Gasteiger partial charge in [0.1, 0.15) is 12.4 Å². The minimum atomic E-state index is -1.06. The number of rotatable bonds is 4. The second-order valence-corrected chi connectivity index (χ2v) is 7.51. The van der Waals surface area contributed by atoms with E-state index in [4.69, 9.17) is 11.6 Å². The van der Waals surface area contributed by atoms with Crippen molar-refractivity contribution >= 4 is 40.7 Å². The predicted molar refractivity (Wildman–Crippen MR) is 108 cm³/mol. The van der Waals surface area contributed by atoms with E-state index in [9.17, 15) is 18.8 Å². The first-order valence-corrected chi connectivity index (χ1v) is 9.52. The van der Waals surface area contributed by atoms with E-state index in [1.807, 2.05) is 26.0 Å². The van der Waals surface area contributed by atoms with Gasteiger partial charge in [0, 0.05) is 5.69 Å². The lowest BCUT2D eigenvalue weighted by atomic mass is 10.1. The van der Waals surface area contributed by atoms with Crippen molar-refractivity contribution in [1.82, 2.24) is 5.01 Å². The number of aryl methyl sites for hydroxylation is 1. The normalized spacial score (nSPS) is 20.1. The SMILES string of the molecule is Cc1cccc(NC(=O)CN2N=N[C@@H]3C(=O)N(c4ccc(F)c(Cl)c4)C(=O)[C@H]32)c1C. The Morgan fingerprint density at radius 2 is 1.97 bits per heavy atom. The molecule has 2 atom stereocenters. The van der Waals surface area contributed by atoms with Crippen molar-refractivity contribution in [3.63, 3.8) is 0 Å². The van der Waals surface area contributed by atoms with Crippen LogP contribution in [0.25, 0.3) is 0 Å². The summed E-state index contributed by atoms with van der Waals surface area (Å²) >= 11 is 5.78. The first-order valence-electron chi connectivity index (χ1n) is 9.14. The average Bonchev–Trinajstić information content (AvgIpc) is 3.21. The van der Waals surface area contributed by atoms with Gasteiger partial charge in [-0.3, -0.25) is 19.4 Å². The number of fused-ring (bicyclic) bond motifs is 1. The molecule has 2 aromatic carbocycles. The van der Waals surface area contributed by atoms with Crippen molar-refractivity contribution < 1.29 is 18.8 Å². The lowest BCUT2D eigenvalue weighted by Crippen LogP contribution is -2.43. The molecule has 2 aliphatic rings. The largest absolute Gasteiger partial charge is 0.324 e. The highest BCUT2D eigenvalue weighted by atomic mass is 35.5. The molecular formula is C20H17ClFN5O3. The van der Waals surface area contributed by atoms with Crippen LogP contribution in [0.2, 0.25) is 5.02 Å². The van der Waals surface area contributed by atoms with Crippen LogP contribution < -0.4 is 10.2 Å². The third kappa shape index (κ3) is 3.30. The van der Waals surface area contributed by atoms with Crippen LogP contribution in [0.1, 0.15) is 11.1 Å². The van der Waals surface area contributed by atoms with Gasteiger partial charge in [0.15, 0.2) is 12.1 Å². The molecule has 0 radical (unpaired) electrons. The highest BCUT2D eigenvalue weighted by Gasteiger charge is 2.55. The van der Waals surface area contributed by atoms with Gasteiger partial charge in [-0.05, 0) is 49.2 Å². The number of hydrogen-bond acceptors (Lipinski definition) is 6. The highest BCUT2D eigenvalue weighted by molar-refractivity contribution is 6.32. The third-order valence-electron chi connectivity index (χ3n) is 5.20. The standard InChI is InChI=1S/C20H17ClFN5O3/c1-10-4-3-5-15(11(10)2)23-16(28)9-26-18-17(24-25-26)19(29)27(20(18)30)12-6-7-14(22)13(21)8-12/h3-8,17-18H,9H2,1-2H3,(H,23,28)/t17-,18-/m0/s1. The number of amides is 3. The van der Waals surface area contributed by atoms with Gasteiger partial charge in [0.2, 0.25) is 5.91 Å². The summed E-state index contributed by atoms with van der Waals surface area (Å²) in [6.07, 6.45) is 0. The van der Waals surface area contributed by atoms with Gasteiger partial charge >= 0.3 is 0 Å². The maximum Gasteiger partial charge on any atom is 0.263 e. The van der Waals surface area contributed by atoms with Crippen molar-refractivity contribution in [3.8, 4) is 0 Å². The van der Waals surface area contributed by atoms with E-state index >= 15 is 0 Å². The van der Waals surface area contributed by atoms with Gasteiger partial charge in [-0.2, -0.15) is 5.11 Å². The zero-order valence-electron chi connectivity index (χ0n) is 16.1. The molecule has 10 heteroatoms. The Hall–Kier alpha value is -3.33. The van der Waals surface area contributed by atoms with E-state index < -0.39 is 35.6 Å². The maximum absolute atomic E-state index is 13.4. The number of hydrogen-bond donors (Lipinski definition) is 1. The summed E-state index contributed by atoms with van der Waals surface area (Å²) in [5, 5.41) is 11.5. The fraction of sp³-hybridized carbons (Fsp3) is 0.250. The zero-order valence-corrected chi connectivity index (χ0v) is 16.9. The van der Waals surface area contributed by atoms with Crippen LogP contribution in [0.5, 0.6) is 0 Å². The lowest BCUT2D eigenvalue weighted by Gasteiger charge is -2.20. The number of carbonyl (C=O) groups is 3. The molecule has 0 saturated carbocycles. The van der Waals surface area contributed by atoms with Crippen molar-refractivity contribution in [1.29, 1.82) is 0 Å². The molecule has 2 heterocycles. The number of carbonyl (C=O) groups excluding carboxylic acids is 3. The summed E-state index contributed by atoms with van der Waals surface area (Å²) < 4.78 is 13.4. The Balaban J connectivity index is 1.51. The molecule has 4 rings (SSSR count). The lowest BCUT2D eigenvalue weighted by molar-refractivity contribution is -0.123. The summed E-state index contributed by atoms with van der Waals surface area (Å²) in [6.45, 7) is 3.57. The molecule has 154 valence electrons. The Labute approximate surface area is 176 Å². The van der Waals surface area contributed by atoms with Crippen LogP contribution in [0.4, 0.5) is 15.8 Å².